The van der Waals surface area contributed by atoms with Gasteiger partial charge in [-0.15, -0.1) is 0 Å². The van der Waals surface area contributed by atoms with Crippen LogP contribution < -0.4 is 10.1 Å². The van der Waals surface area contributed by atoms with Crippen LogP contribution in [-0.4, -0.2) is 64.8 Å². The number of nitrogens with zero attached hydrogens (tertiary/aromatic N) is 3. The third-order valence-corrected chi connectivity index (χ3v) is 5.07. The second kappa shape index (κ2) is 10.4. The summed E-state index contributed by atoms with van der Waals surface area (Å²) in [5.74, 6) is -0.318. The Hall–Kier alpha value is -3.56. The highest BCUT2D eigenvalue weighted by Gasteiger charge is 2.27. The topological polar surface area (TPSA) is 112 Å². The number of imidazole rings is 1. The highest BCUT2D eigenvalue weighted by atomic mass is 16.6. The van der Waals surface area contributed by atoms with E-state index in [1.54, 1.807) is 41.7 Å². The smallest absolute Gasteiger partial charge is 0.410 e. The van der Waals surface area contributed by atoms with Crippen LogP contribution in [0.2, 0.25) is 0 Å². The zero-order chi connectivity index (χ0) is 24.0. The van der Waals surface area contributed by atoms with Gasteiger partial charge in [0.1, 0.15) is 17.0 Å². The fourth-order valence-corrected chi connectivity index (χ4v) is 3.36. The van der Waals surface area contributed by atoms with Crippen LogP contribution in [0.25, 0.3) is 0 Å². The van der Waals surface area contributed by atoms with Gasteiger partial charge in [-0.25, -0.2) is 14.6 Å². The zero-order valence-electron chi connectivity index (χ0n) is 19.4. The number of benzene rings is 1. The van der Waals surface area contributed by atoms with Crippen LogP contribution in [0, 0.1) is 0 Å². The van der Waals surface area contributed by atoms with E-state index in [1.807, 2.05) is 25.3 Å². The van der Waals surface area contributed by atoms with Crippen LogP contribution >= 0.6 is 0 Å². The standard InChI is InChI=1S/C23H30N4O6/c1-23(2,3)33-22(30)26-11-9-17(10-12-26)27-13-19(24-15-27)21(29)25-16-5-7-18(8-6-16)32-14-20(28)31-4/h5-8,13,15,17H,9-12,14H2,1-4H3,(H,25,29). The highest BCUT2D eigenvalue weighted by molar-refractivity contribution is 6.02. The van der Waals surface area contributed by atoms with Crippen LogP contribution in [0.4, 0.5) is 10.5 Å². The molecular formula is C23H30N4O6. The lowest BCUT2D eigenvalue weighted by atomic mass is 10.1. The van der Waals surface area contributed by atoms with Gasteiger partial charge < -0.3 is 29.0 Å². The van der Waals surface area contributed by atoms with Crippen molar-refractivity contribution < 1.29 is 28.6 Å². The summed E-state index contributed by atoms with van der Waals surface area (Å²) >= 11 is 0. The van der Waals surface area contributed by atoms with Crippen LogP contribution in [0.1, 0.15) is 50.1 Å². The lowest BCUT2D eigenvalue weighted by Gasteiger charge is -2.33. The quantitative estimate of drug-likeness (QED) is 0.661. The molecule has 0 saturated carbocycles. The van der Waals surface area contributed by atoms with E-state index in [9.17, 15) is 14.4 Å². The number of esters is 1. The van der Waals surface area contributed by atoms with Crippen molar-refractivity contribution in [3.63, 3.8) is 0 Å². The molecule has 1 N–H and O–H groups in total. The van der Waals surface area contributed by atoms with Gasteiger partial charge >= 0.3 is 12.1 Å². The van der Waals surface area contributed by atoms with E-state index in [1.165, 1.54) is 7.11 Å². The Morgan fingerprint density at radius 1 is 1.12 bits per heavy atom. The number of anilines is 1. The number of hydrogen-bond acceptors (Lipinski definition) is 7. The maximum Gasteiger partial charge on any atom is 0.410 e. The van der Waals surface area contributed by atoms with Gasteiger partial charge in [-0.2, -0.15) is 0 Å². The molecule has 1 fully saturated rings. The molecule has 33 heavy (non-hydrogen) atoms. The molecule has 0 atom stereocenters. The van der Waals surface area contributed by atoms with Crippen LogP contribution in [0.15, 0.2) is 36.8 Å². The number of methoxy groups -OCH3 is 1. The molecule has 1 aromatic heterocycles. The summed E-state index contributed by atoms with van der Waals surface area (Å²) in [6.07, 6.45) is 4.57. The van der Waals surface area contributed by atoms with Crippen molar-refractivity contribution in [2.75, 3.05) is 32.1 Å². The number of nitrogens with one attached hydrogen (secondary N) is 1. The van der Waals surface area contributed by atoms with E-state index < -0.39 is 11.6 Å². The van der Waals surface area contributed by atoms with Crippen LogP contribution in [-0.2, 0) is 14.3 Å². The molecule has 1 aliphatic heterocycles. The molecule has 178 valence electrons. The molecule has 1 aromatic carbocycles. The molecule has 0 aliphatic carbocycles. The maximum atomic E-state index is 12.6. The van der Waals surface area contributed by atoms with Gasteiger partial charge in [0.25, 0.3) is 5.91 Å². The molecule has 2 amide bonds. The molecule has 1 aliphatic rings. The second-order valence-electron chi connectivity index (χ2n) is 8.75. The van der Waals surface area contributed by atoms with Crippen LogP contribution in [0.5, 0.6) is 5.75 Å². The fourth-order valence-electron chi connectivity index (χ4n) is 3.36. The summed E-state index contributed by atoms with van der Waals surface area (Å²) in [6, 6.07) is 6.80. The Balaban J connectivity index is 1.50. The molecule has 0 bridgehead atoms. The maximum absolute atomic E-state index is 12.6. The third-order valence-electron chi connectivity index (χ3n) is 5.07. The minimum Gasteiger partial charge on any atom is -0.482 e. The molecule has 1 saturated heterocycles. The first kappa shape index (κ1) is 24.1. The average molecular weight is 459 g/mol. The molecule has 10 nitrogen and oxygen atoms in total. The monoisotopic (exact) mass is 458 g/mol. The first-order valence-corrected chi connectivity index (χ1v) is 10.8. The average Bonchev–Trinajstić information content (AvgIpc) is 3.28. The number of aromatic nitrogens is 2. The van der Waals surface area contributed by atoms with E-state index in [-0.39, 0.29) is 24.6 Å². The van der Waals surface area contributed by atoms with Crippen molar-refractivity contribution in [2.45, 2.75) is 45.3 Å². The van der Waals surface area contributed by atoms with Gasteiger partial charge in [0, 0.05) is 31.0 Å². The summed E-state index contributed by atoms with van der Waals surface area (Å²) in [5, 5.41) is 2.79. The van der Waals surface area contributed by atoms with Gasteiger partial charge in [-0.1, -0.05) is 0 Å². The van der Waals surface area contributed by atoms with E-state index >= 15 is 0 Å². The Kier molecular flexibility index (Phi) is 7.57. The van der Waals surface area contributed by atoms with Crippen molar-refractivity contribution in [2.24, 2.45) is 0 Å². The number of amides is 2. The SMILES string of the molecule is COC(=O)COc1ccc(NC(=O)c2cn(C3CCN(C(=O)OC(C)(C)C)CC3)cn2)cc1. The first-order chi connectivity index (χ1) is 15.6. The normalized spacial score (nSPS) is 14.5. The Morgan fingerprint density at radius 2 is 1.79 bits per heavy atom. The Morgan fingerprint density at radius 3 is 2.39 bits per heavy atom. The molecule has 10 heteroatoms. The van der Waals surface area contributed by atoms with Crippen molar-refractivity contribution >= 4 is 23.7 Å². The van der Waals surface area contributed by atoms with E-state index in [4.69, 9.17) is 9.47 Å². The van der Waals surface area contributed by atoms with Gasteiger partial charge in [0.05, 0.1) is 13.4 Å². The molecular weight excluding hydrogens is 428 g/mol. The third kappa shape index (κ3) is 6.96. The molecule has 2 heterocycles. The Bertz CT molecular complexity index is 972. The van der Waals surface area contributed by atoms with Gasteiger partial charge in [-0.3, -0.25) is 4.79 Å². The second-order valence-corrected chi connectivity index (χ2v) is 8.75. The molecule has 3 rings (SSSR count). The molecule has 0 radical (unpaired) electrons. The number of ether oxygens (including phenoxy) is 3. The number of rotatable bonds is 6. The number of carbonyl (C=O) groups excluding carboxylic acids is 3. The van der Waals surface area contributed by atoms with Crippen molar-refractivity contribution in [3.8, 4) is 5.75 Å². The Labute approximate surface area is 192 Å². The largest absolute Gasteiger partial charge is 0.482 e. The van der Waals surface area contributed by atoms with Gasteiger partial charge in [0.15, 0.2) is 6.61 Å². The number of piperidine rings is 1. The summed E-state index contributed by atoms with van der Waals surface area (Å²) in [5.41, 5.74) is 0.359. The predicted molar refractivity (Wildman–Crippen MR) is 120 cm³/mol. The van der Waals surface area contributed by atoms with Gasteiger partial charge in [0.2, 0.25) is 0 Å². The summed E-state index contributed by atoms with van der Waals surface area (Å²) in [7, 11) is 1.29. The molecule has 0 spiro atoms. The number of hydrogen-bond donors (Lipinski definition) is 1. The van der Waals surface area contributed by atoms with Gasteiger partial charge in [-0.05, 0) is 57.9 Å². The van der Waals surface area contributed by atoms with E-state index in [0.29, 0.717) is 30.2 Å². The number of likely N-dealkylation sites (tertiary alicyclic amines) is 1. The van der Waals surface area contributed by atoms with Crippen molar-refractivity contribution in [1.29, 1.82) is 0 Å². The predicted octanol–water partition coefficient (Wildman–Crippen LogP) is 3.26. The highest BCUT2D eigenvalue weighted by Crippen LogP contribution is 2.24. The summed E-state index contributed by atoms with van der Waals surface area (Å²) in [4.78, 5) is 41.9. The van der Waals surface area contributed by atoms with Crippen molar-refractivity contribution in [1.82, 2.24) is 14.5 Å². The van der Waals surface area contributed by atoms with E-state index in [2.05, 4.69) is 15.0 Å². The minimum atomic E-state index is -0.517. The zero-order valence-corrected chi connectivity index (χ0v) is 19.4. The lowest BCUT2D eigenvalue weighted by Crippen LogP contribution is -2.42. The number of carbonyl (C=O) groups is 3. The van der Waals surface area contributed by atoms with E-state index in [0.717, 1.165) is 12.8 Å². The summed E-state index contributed by atoms with van der Waals surface area (Å²) in [6.45, 7) is 6.54. The van der Waals surface area contributed by atoms with Crippen LogP contribution in [0.3, 0.4) is 0 Å². The first-order valence-electron chi connectivity index (χ1n) is 10.8. The molecule has 2 aromatic rings. The van der Waals surface area contributed by atoms with Crippen molar-refractivity contribution in [3.05, 3.63) is 42.5 Å². The molecule has 0 unspecified atom stereocenters. The lowest BCUT2D eigenvalue weighted by molar-refractivity contribution is -0.142. The minimum absolute atomic E-state index is 0.156. The summed E-state index contributed by atoms with van der Waals surface area (Å²) < 4.78 is 17.2. The fraction of sp³-hybridized carbons (Fsp3) is 0.478.